The molecule has 0 aromatic heterocycles. The van der Waals surface area contributed by atoms with Crippen molar-refractivity contribution in [2.75, 3.05) is 37.9 Å². The molecule has 0 N–H and O–H groups in total. The van der Waals surface area contributed by atoms with Crippen LogP contribution in [-0.2, 0) is 9.47 Å². The maximum absolute atomic E-state index is 13.6. The van der Waals surface area contributed by atoms with Crippen molar-refractivity contribution in [3.8, 4) is 39.5 Å². The highest BCUT2D eigenvalue weighted by atomic mass is 16.6. The van der Waals surface area contributed by atoms with Gasteiger partial charge in [-0.05, 0) is 89.8 Å². The van der Waals surface area contributed by atoms with Crippen LogP contribution in [0.25, 0.3) is 22.3 Å². The zero-order valence-corrected chi connectivity index (χ0v) is 28.0. The monoisotopic (exact) mass is 669 g/mol. The Balaban J connectivity index is 0.945. The molecular formula is C42H39NO7. The predicted octanol–water partition coefficient (Wildman–Crippen LogP) is 8.24. The fraction of sp³-hybridized carbons (Fsp3) is 0.238. The molecule has 0 radical (unpaired) electrons. The van der Waals surface area contributed by atoms with E-state index in [1.54, 1.807) is 35.2 Å². The lowest BCUT2D eigenvalue weighted by atomic mass is 10.0. The van der Waals surface area contributed by atoms with E-state index in [2.05, 4.69) is 0 Å². The number of ether oxygens (including phenoxy) is 5. The van der Waals surface area contributed by atoms with Crippen molar-refractivity contribution >= 4 is 17.6 Å². The van der Waals surface area contributed by atoms with Crippen LogP contribution in [0.3, 0.4) is 0 Å². The van der Waals surface area contributed by atoms with E-state index in [1.807, 2.05) is 97.9 Å². The molecule has 8 nitrogen and oxygen atoms in total. The Bertz CT molecular complexity index is 1900. The predicted molar refractivity (Wildman–Crippen MR) is 192 cm³/mol. The van der Waals surface area contributed by atoms with Crippen LogP contribution in [0, 0.1) is 0 Å². The van der Waals surface area contributed by atoms with E-state index in [4.69, 9.17) is 23.7 Å². The topological polar surface area (TPSA) is 90.1 Å². The summed E-state index contributed by atoms with van der Waals surface area (Å²) in [6.45, 7) is 5.29. The normalized spacial score (nSPS) is 15.9. The molecule has 5 aromatic rings. The van der Waals surface area contributed by atoms with Crippen LogP contribution in [0.2, 0.25) is 0 Å². The standard InChI is InChI=1S/C42H39NO7/c1-2-43(41(44)33-10-6-29(7-11-33)31-14-18-36(19-15-31)46-24-22-39-27-48-39)35-4-3-5-38(26-35)50-42(45)34-12-8-30(9-13-34)32-16-20-37(21-17-32)47-25-23-40-28-49-40/h3-21,26,39-40H,2,22-25,27-28H2,1H3. The lowest BCUT2D eigenvalue weighted by Gasteiger charge is -2.22. The van der Waals surface area contributed by atoms with Gasteiger partial charge in [0.15, 0.2) is 0 Å². The van der Waals surface area contributed by atoms with Gasteiger partial charge in [0.2, 0.25) is 0 Å². The fourth-order valence-corrected chi connectivity index (χ4v) is 5.66. The van der Waals surface area contributed by atoms with Crippen LogP contribution in [0.5, 0.6) is 17.2 Å². The lowest BCUT2D eigenvalue weighted by Crippen LogP contribution is -2.30. The third-order valence-corrected chi connectivity index (χ3v) is 8.75. The minimum atomic E-state index is -0.477. The second kappa shape index (κ2) is 15.4. The smallest absolute Gasteiger partial charge is 0.343 e. The Morgan fingerprint density at radius 2 is 1.08 bits per heavy atom. The molecule has 50 heavy (non-hydrogen) atoms. The van der Waals surface area contributed by atoms with Crippen molar-refractivity contribution in [2.45, 2.75) is 32.0 Å². The van der Waals surface area contributed by atoms with E-state index in [9.17, 15) is 9.59 Å². The number of esters is 1. The Kier molecular flexibility index (Phi) is 10.2. The van der Waals surface area contributed by atoms with Gasteiger partial charge in [-0.15, -0.1) is 0 Å². The van der Waals surface area contributed by atoms with Crippen LogP contribution >= 0.6 is 0 Å². The number of epoxide rings is 2. The molecule has 5 aromatic carbocycles. The molecule has 1 amide bonds. The number of nitrogens with zero attached hydrogens (tertiary/aromatic N) is 1. The summed E-state index contributed by atoms with van der Waals surface area (Å²) in [7, 11) is 0. The molecule has 0 saturated carbocycles. The van der Waals surface area contributed by atoms with Crippen molar-refractivity contribution < 1.29 is 33.3 Å². The largest absolute Gasteiger partial charge is 0.493 e. The number of amides is 1. The van der Waals surface area contributed by atoms with Gasteiger partial charge in [0.05, 0.1) is 44.2 Å². The average Bonchev–Trinajstić information content (AvgIpc) is 4.10. The van der Waals surface area contributed by atoms with Gasteiger partial charge in [0.25, 0.3) is 5.91 Å². The summed E-state index contributed by atoms with van der Waals surface area (Å²) in [5, 5.41) is 0. The fourth-order valence-electron chi connectivity index (χ4n) is 5.66. The van der Waals surface area contributed by atoms with E-state index in [0.717, 1.165) is 59.8 Å². The van der Waals surface area contributed by atoms with Gasteiger partial charge in [-0.3, -0.25) is 4.79 Å². The second-order valence-electron chi connectivity index (χ2n) is 12.3. The molecule has 2 atom stereocenters. The molecule has 2 aliphatic heterocycles. The third-order valence-electron chi connectivity index (χ3n) is 8.75. The van der Waals surface area contributed by atoms with Gasteiger partial charge in [-0.25, -0.2) is 4.79 Å². The Morgan fingerprint density at radius 1 is 0.620 bits per heavy atom. The van der Waals surface area contributed by atoms with Crippen molar-refractivity contribution in [2.24, 2.45) is 0 Å². The zero-order chi connectivity index (χ0) is 34.3. The molecule has 0 aliphatic carbocycles. The van der Waals surface area contributed by atoms with Crippen LogP contribution < -0.4 is 19.1 Å². The highest BCUT2D eigenvalue weighted by Crippen LogP contribution is 2.28. The summed E-state index contributed by atoms with van der Waals surface area (Å²) in [4.78, 5) is 28.3. The number of hydrogen-bond acceptors (Lipinski definition) is 7. The summed E-state index contributed by atoms with van der Waals surface area (Å²) >= 11 is 0. The molecule has 254 valence electrons. The minimum Gasteiger partial charge on any atom is -0.493 e. The van der Waals surface area contributed by atoms with Gasteiger partial charge >= 0.3 is 5.97 Å². The number of hydrogen-bond donors (Lipinski definition) is 0. The maximum atomic E-state index is 13.6. The van der Waals surface area contributed by atoms with Crippen molar-refractivity contribution in [3.63, 3.8) is 0 Å². The second-order valence-corrected chi connectivity index (χ2v) is 12.3. The summed E-state index contributed by atoms with van der Waals surface area (Å²) < 4.78 is 27.8. The summed E-state index contributed by atoms with van der Waals surface area (Å²) in [6, 6.07) is 37.7. The molecule has 2 saturated heterocycles. The van der Waals surface area contributed by atoms with Gasteiger partial charge < -0.3 is 28.6 Å². The highest BCUT2D eigenvalue weighted by Gasteiger charge is 2.23. The number of rotatable bonds is 15. The van der Waals surface area contributed by atoms with Crippen LogP contribution in [-0.4, -0.2) is 57.1 Å². The average molecular weight is 670 g/mol. The van der Waals surface area contributed by atoms with E-state index in [-0.39, 0.29) is 5.91 Å². The Labute approximate surface area is 292 Å². The first kappa shape index (κ1) is 33.1. The number of carbonyl (C=O) groups excluding carboxylic acids is 2. The van der Waals surface area contributed by atoms with Crippen molar-refractivity contribution in [1.29, 1.82) is 0 Å². The number of carbonyl (C=O) groups is 2. The van der Waals surface area contributed by atoms with Gasteiger partial charge in [0, 0.05) is 36.7 Å². The van der Waals surface area contributed by atoms with Crippen LogP contribution in [0.1, 0.15) is 40.5 Å². The highest BCUT2D eigenvalue weighted by molar-refractivity contribution is 6.06. The molecule has 8 heteroatoms. The molecule has 2 aliphatic rings. The third kappa shape index (κ3) is 8.58. The Hall–Kier alpha value is -5.44. The van der Waals surface area contributed by atoms with E-state index < -0.39 is 5.97 Å². The van der Waals surface area contributed by atoms with Gasteiger partial charge in [-0.2, -0.15) is 0 Å². The lowest BCUT2D eigenvalue weighted by molar-refractivity contribution is 0.0734. The van der Waals surface area contributed by atoms with E-state index in [0.29, 0.717) is 54.5 Å². The molecule has 7 rings (SSSR count). The molecule has 0 spiro atoms. The Morgan fingerprint density at radius 3 is 1.54 bits per heavy atom. The van der Waals surface area contributed by atoms with Crippen molar-refractivity contribution in [1.82, 2.24) is 0 Å². The number of anilines is 1. The SMILES string of the molecule is CCN(C(=O)c1ccc(-c2ccc(OCCC3CO3)cc2)cc1)c1cccc(OC(=O)c2ccc(-c3ccc(OCCC4CO4)cc3)cc2)c1. The first-order valence-electron chi connectivity index (χ1n) is 17.1. The molecular weight excluding hydrogens is 630 g/mol. The quantitative estimate of drug-likeness (QED) is 0.0630. The molecule has 0 bridgehead atoms. The van der Waals surface area contributed by atoms with Crippen LogP contribution in [0.15, 0.2) is 121 Å². The number of benzene rings is 5. The molecule has 2 heterocycles. The summed E-state index contributed by atoms with van der Waals surface area (Å²) in [6.07, 6.45) is 2.51. The summed E-state index contributed by atoms with van der Waals surface area (Å²) in [5.74, 6) is 1.38. The summed E-state index contributed by atoms with van der Waals surface area (Å²) in [5.41, 5.74) is 5.66. The first-order valence-corrected chi connectivity index (χ1v) is 17.1. The zero-order valence-electron chi connectivity index (χ0n) is 28.0. The maximum Gasteiger partial charge on any atom is 0.343 e. The van der Waals surface area contributed by atoms with Crippen molar-refractivity contribution in [3.05, 3.63) is 132 Å². The van der Waals surface area contributed by atoms with Gasteiger partial charge in [0.1, 0.15) is 17.2 Å². The first-order chi connectivity index (χ1) is 24.5. The van der Waals surface area contributed by atoms with E-state index >= 15 is 0 Å². The molecule has 2 unspecified atom stereocenters. The van der Waals surface area contributed by atoms with Gasteiger partial charge in [-0.1, -0.05) is 54.6 Å². The van der Waals surface area contributed by atoms with Crippen LogP contribution in [0.4, 0.5) is 5.69 Å². The van der Waals surface area contributed by atoms with E-state index in [1.165, 1.54) is 0 Å². The molecule has 2 fully saturated rings. The minimum absolute atomic E-state index is 0.144.